The molecule has 0 aromatic carbocycles. The average molecular weight is 212 g/mol. The van der Waals surface area contributed by atoms with E-state index in [1.807, 2.05) is 13.8 Å². The number of nitrogens with zero attached hydrogens (tertiary/aromatic N) is 4. The lowest BCUT2D eigenvalue weighted by molar-refractivity contribution is 0.0973. The summed E-state index contributed by atoms with van der Waals surface area (Å²) in [7, 11) is 0. The van der Waals surface area contributed by atoms with Crippen LogP contribution in [0.15, 0.2) is 0 Å². The fraction of sp³-hybridized carbons (Fsp3) is 0.900. The minimum atomic E-state index is -0.411. The van der Waals surface area contributed by atoms with Crippen LogP contribution < -0.4 is 0 Å². The van der Waals surface area contributed by atoms with Gasteiger partial charge in [0.15, 0.2) is 5.82 Å². The van der Waals surface area contributed by atoms with Gasteiger partial charge in [0.2, 0.25) is 0 Å². The van der Waals surface area contributed by atoms with Gasteiger partial charge in [0.05, 0.1) is 12.6 Å². The second-order valence-electron chi connectivity index (χ2n) is 4.67. The van der Waals surface area contributed by atoms with Crippen LogP contribution in [-0.4, -0.2) is 31.4 Å². The summed E-state index contributed by atoms with van der Waals surface area (Å²) in [6, 6.07) is 0. The van der Waals surface area contributed by atoms with Crippen LogP contribution in [0.2, 0.25) is 0 Å². The lowest BCUT2D eigenvalue weighted by Gasteiger charge is -2.12. The first-order valence-corrected chi connectivity index (χ1v) is 5.43. The topological polar surface area (TPSA) is 63.8 Å². The summed E-state index contributed by atoms with van der Waals surface area (Å²) in [6.07, 6.45) is 0.420. The molecule has 5 heteroatoms. The molecule has 15 heavy (non-hydrogen) atoms. The molecule has 1 unspecified atom stereocenters. The predicted octanol–water partition coefficient (Wildman–Crippen LogP) is 0.889. The molecule has 5 nitrogen and oxygen atoms in total. The zero-order valence-electron chi connectivity index (χ0n) is 9.88. The molecular formula is C10H20N4O. The molecule has 0 spiro atoms. The quantitative estimate of drug-likeness (QED) is 0.787. The minimum Gasteiger partial charge on any atom is -0.391 e. The summed E-state index contributed by atoms with van der Waals surface area (Å²) < 4.78 is 0. The van der Waals surface area contributed by atoms with Crippen molar-refractivity contribution >= 4 is 0 Å². The Morgan fingerprint density at radius 3 is 2.47 bits per heavy atom. The third-order valence-corrected chi connectivity index (χ3v) is 2.20. The van der Waals surface area contributed by atoms with Gasteiger partial charge in [-0.25, -0.2) is 0 Å². The van der Waals surface area contributed by atoms with Gasteiger partial charge < -0.3 is 5.11 Å². The van der Waals surface area contributed by atoms with E-state index in [0.717, 1.165) is 12.2 Å². The van der Waals surface area contributed by atoms with Crippen molar-refractivity contribution in [3.05, 3.63) is 5.82 Å². The second-order valence-corrected chi connectivity index (χ2v) is 4.67. The molecule has 1 atom stereocenters. The number of aliphatic hydroxyl groups is 1. The van der Waals surface area contributed by atoms with E-state index in [-0.39, 0.29) is 5.92 Å². The van der Waals surface area contributed by atoms with E-state index >= 15 is 0 Å². The molecule has 0 radical (unpaired) electrons. The van der Waals surface area contributed by atoms with Crippen LogP contribution in [0, 0.1) is 11.8 Å². The number of aliphatic hydroxyl groups excluding tert-OH is 1. The average Bonchev–Trinajstić information content (AvgIpc) is 2.51. The van der Waals surface area contributed by atoms with Gasteiger partial charge in [0.1, 0.15) is 0 Å². The van der Waals surface area contributed by atoms with Crippen molar-refractivity contribution in [2.45, 2.75) is 46.8 Å². The van der Waals surface area contributed by atoms with Gasteiger partial charge in [0.25, 0.3) is 0 Å². The van der Waals surface area contributed by atoms with Gasteiger partial charge in [-0.2, -0.15) is 4.80 Å². The van der Waals surface area contributed by atoms with Gasteiger partial charge in [-0.3, -0.25) is 0 Å². The molecule has 1 aromatic rings. The zero-order valence-corrected chi connectivity index (χ0v) is 9.88. The standard InChI is InChI=1S/C10H20N4O/c1-7(2)5-10-11-13-14(12-10)6-9(15)8(3)4/h7-9,15H,5-6H2,1-4H3. The van der Waals surface area contributed by atoms with Crippen molar-refractivity contribution < 1.29 is 5.11 Å². The van der Waals surface area contributed by atoms with Crippen molar-refractivity contribution in [3.63, 3.8) is 0 Å². The maximum absolute atomic E-state index is 9.64. The maximum atomic E-state index is 9.64. The van der Waals surface area contributed by atoms with Crippen molar-refractivity contribution in [1.82, 2.24) is 20.2 Å². The van der Waals surface area contributed by atoms with Crippen LogP contribution >= 0.6 is 0 Å². The van der Waals surface area contributed by atoms with Crippen molar-refractivity contribution in [2.24, 2.45) is 11.8 Å². The Hall–Kier alpha value is -0.970. The van der Waals surface area contributed by atoms with Gasteiger partial charge in [0, 0.05) is 6.42 Å². The zero-order chi connectivity index (χ0) is 11.4. The fourth-order valence-electron chi connectivity index (χ4n) is 1.18. The van der Waals surface area contributed by atoms with E-state index in [9.17, 15) is 5.11 Å². The van der Waals surface area contributed by atoms with Crippen LogP contribution in [0.5, 0.6) is 0 Å². The highest BCUT2D eigenvalue weighted by Gasteiger charge is 2.12. The SMILES string of the molecule is CC(C)Cc1nnn(CC(O)C(C)C)n1. The first-order chi connectivity index (χ1) is 6.99. The molecule has 1 heterocycles. The monoisotopic (exact) mass is 212 g/mol. The summed E-state index contributed by atoms with van der Waals surface area (Å²) in [6.45, 7) is 8.59. The lowest BCUT2D eigenvalue weighted by atomic mass is 10.1. The summed E-state index contributed by atoms with van der Waals surface area (Å²) >= 11 is 0. The third kappa shape index (κ3) is 3.95. The molecule has 0 saturated carbocycles. The molecule has 86 valence electrons. The van der Waals surface area contributed by atoms with Crippen molar-refractivity contribution in [1.29, 1.82) is 0 Å². The van der Waals surface area contributed by atoms with Crippen LogP contribution in [-0.2, 0) is 13.0 Å². The Morgan fingerprint density at radius 2 is 1.93 bits per heavy atom. The van der Waals surface area contributed by atoms with Crippen LogP contribution in [0.1, 0.15) is 33.5 Å². The first kappa shape index (κ1) is 12.1. The Labute approximate surface area is 90.5 Å². The molecule has 0 aliphatic rings. The highest BCUT2D eigenvalue weighted by molar-refractivity contribution is 4.78. The summed E-state index contributed by atoms with van der Waals surface area (Å²) in [5.41, 5.74) is 0. The van der Waals surface area contributed by atoms with E-state index in [1.54, 1.807) is 0 Å². The largest absolute Gasteiger partial charge is 0.391 e. The Kier molecular flexibility index (Phi) is 4.20. The van der Waals surface area contributed by atoms with Gasteiger partial charge in [-0.15, -0.1) is 10.2 Å². The highest BCUT2D eigenvalue weighted by atomic mass is 16.3. The lowest BCUT2D eigenvalue weighted by Crippen LogP contribution is -2.23. The minimum absolute atomic E-state index is 0.213. The predicted molar refractivity (Wildman–Crippen MR) is 57.2 cm³/mol. The molecule has 0 amide bonds. The molecular weight excluding hydrogens is 192 g/mol. The summed E-state index contributed by atoms with van der Waals surface area (Å²) in [5.74, 6) is 1.49. The molecule has 1 N–H and O–H groups in total. The highest BCUT2D eigenvalue weighted by Crippen LogP contribution is 2.04. The van der Waals surface area contributed by atoms with E-state index in [2.05, 4.69) is 29.3 Å². The Morgan fingerprint density at radius 1 is 1.27 bits per heavy atom. The van der Waals surface area contributed by atoms with Crippen molar-refractivity contribution in [2.75, 3.05) is 0 Å². The van der Waals surface area contributed by atoms with Crippen LogP contribution in [0.4, 0.5) is 0 Å². The van der Waals surface area contributed by atoms with Gasteiger partial charge in [-0.1, -0.05) is 27.7 Å². The smallest absolute Gasteiger partial charge is 0.175 e. The molecule has 0 aliphatic carbocycles. The van der Waals surface area contributed by atoms with Crippen LogP contribution in [0.25, 0.3) is 0 Å². The fourth-order valence-corrected chi connectivity index (χ4v) is 1.18. The molecule has 1 aromatic heterocycles. The molecule has 0 saturated heterocycles. The maximum Gasteiger partial charge on any atom is 0.175 e. The molecule has 0 fully saturated rings. The summed E-state index contributed by atoms with van der Waals surface area (Å²) in [5, 5.41) is 21.7. The number of hydrogen-bond acceptors (Lipinski definition) is 4. The first-order valence-electron chi connectivity index (χ1n) is 5.43. The summed E-state index contributed by atoms with van der Waals surface area (Å²) in [4.78, 5) is 1.47. The third-order valence-electron chi connectivity index (χ3n) is 2.20. The normalized spacial score (nSPS) is 13.8. The Balaban J connectivity index is 2.53. The van der Waals surface area contributed by atoms with E-state index in [0.29, 0.717) is 12.5 Å². The Bertz CT molecular complexity index is 295. The molecule has 1 rings (SSSR count). The molecule has 0 bridgehead atoms. The number of aromatic nitrogens is 4. The van der Waals surface area contributed by atoms with Crippen molar-refractivity contribution in [3.8, 4) is 0 Å². The second kappa shape index (κ2) is 5.21. The number of hydrogen-bond donors (Lipinski definition) is 1. The molecule has 0 aliphatic heterocycles. The number of tetrazole rings is 1. The van der Waals surface area contributed by atoms with Crippen LogP contribution in [0.3, 0.4) is 0 Å². The van der Waals surface area contributed by atoms with Gasteiger partial charge in [-0.05, 0) is 17.0 Å². The van der Waals surface area contributed by atoms with E-state index < -0.39 is 6.10 Å². The van der Waals surface area contributed by atoms with Gasteiger partial charge >= 0.3 is 0 Å². The van der Waals surface area contributed by atoms with E-state index in [4.69, 9.17) is 0 Å². The van der Waals surface area contributed by atoms with E-state index in [1.165, 1.54) is 4.80 Å². The number of rotatable bonds is 5.